The summed E-state index contributed by atoms with van der Waals surface area (Å²) in [7, 11) is 0. The maximum atomic E-state index is 11.9. The van der Waals surface area contributed by atoms with Gasteiger partial charge >= 0.3 is 5.97 Å². The van der Waals surface area contributed by atoms with Gasteiger partial charge in [-0.15, -0.1) is 11.8 Å². The standard InChI is InChI=1S/C23H26O3S/c1-27-19-9-6-17(7-10-19)20-13-18(21(23(24)25)12-15-2-3-15)8-11-22(20)26-14-16-4-5-16/h6-11,13,15-16,21H,2-5,12,14H2,1H3,(H,24,25). The molecule has 2 aliphatic carbocycles. The monoisotopic (exact) mass is 382 g/mol. The van der Waals surface area contributed by atoms with E-state index in [1.807, 2.05) is 18.2 Å². The molecule has 2 aromatic carbocycles. The first-order chi connectivity index (χ1) is 13.1. The highest BCUT2D eigenvalue weighted by molar-refractivity contribution is 7.98. The lowest BCUT2D eigenvalue weighted by molar-refractivity contribution is -0.139. The molecule has 0 spiro atoms. The van der Waals surface area contributed by atoms with Crippen molar-refractivity contribution in [2.45, 2.75) is 42.9 Å². The van der Waals surface area contributed by atoms with Crippen LogP contribution < -0.4 is 4.74 Å². The maximum Gasteiger partial charge on any atom is 0.310 e. The van der Waals surface area contributed by atoms with Gasteiger partial charge in [0.2, 0.25) is 0 Å². The van der Waals surface area contributed by atoms with Crippen molar-refractivity contribution in [2.75, 3.05) is 12.9 Å². The molecule has 0 bridgehead atoms. The van der Waals surface area contributed by atoms with Gasteiger partial charge in [0, 0.05) is 10.5 Å². The van der Waals surface area contributed by atoms with Crippen LogP contribution in [0.1, 0.15) is 43.6 Å². The van der Waals surface area contributed by atoms with Gasteiger partial charge in [0.25, 0.3) is 0 Å². The first-order valence-corrected chi connectivity index (χ1v) is 11.0. The van der Waals surface area contributed by atoms with E-state index in [1.165, 1.54) is 17.7 Å². The van der Waals surface area contributed by atoms with Crippen LogP contribution in [0.4, 0.5) is 0 Å². The van der Waals surface area contributed by atoms with Crippen LogP contribution in [0.15, 0.2) is 47.4 Å². The largest absolute Gasteiger partial charge is 0.493 e. The van der Waals surface area contributed by atoms with E-state index in [2.05, 4.69) is 30.5 Å². The number of aliphatic carboxylic acids is 1. The van der Waals surface area contributed by atoms with E-state index in [1.54, 1.807) is 11.8 Å². The van der Waals surface area contributed by atoms with Gasteiger partial charge in [-0.1, -0.05) is 31.0 Å². The fraction of sp³-hybridized carbons (Fsp3) is 0.435. The Bertz CT molecular complexity index is 807. The van der Waals surface area contributed by atoms with E-state index >= 15 is 0 Å². The number of carbonyl (C=O) groups is 1. The van der Waals surface area contributed by atoms with E-state index in [4.69, 9.17) is 4.74 Å². The van der Waals surface area contributed by atoms with Crippen molar-refractivity contribution >= 4 is 17.7 Å². The smallest absolute Gasteiger partial charge is 0.310 e. The molecule has 4 rings (SSSR count). The molecule has 2 saturated carbocycles. The van der Waals surface area contributed by atoms with Crippen molar-refractivity contribution in [2.24, 2.45) is 11.8 Å². The Morgan fingerprint density at radius 1 is 1.11 bits per heavy atom. The Morgan fingerprint density at radius 2 is 1.81 bits per heavy atom. The minimum Gasteiger partial charge on any atom is -0.493 e. The molecular formula is C23H26O3S. The second-order valence-corrected chi connectivity index (χ2v) is 8.69. The molecule has 0 aromatic heterocycles. The molecule has 0 radical (unpaired) electrons. The molecule has 27 heavy (non-hydrogen) atoms. The van der Waals surface area contributed by atoms with Crippen LogP contribution in [0.3, 0.4) is 0 Å². The van der Waals surface area contributed by atoms with E-state index in [0.29, 0.717) is 11.8 Å². The van der Waals surface area contributed by atoms with Crippen LogP contribution >= 0.6 is 11.8 Å². The van der Waals surface area contributed by atoms with Crippen LogP contribution in [-0.4, -0.2) is 23.9 Å². The fourth-order valence-corrected chi connectivity index (χ4v) is 3.85. The number of rotatable bonds is 9. The minimum atomic E-state index is -0.725. The Balaban J connectivity index is 1.67. The van der Waals surface area contributed by atoms with Crippen molar-refractivity contribution in [1.29, 1.82) is 0 Å². The Labute approximate surface area is 165 Å². The summed E-state index contributed by atoms with van der Waals surface area (Å²) in [5, 5.41) is 9.75. The lowest BCUT2D eigenvalue weighted by Gasteiger charge is -2.17. The van der Waals surface area contributed by atoms with Gasteiger partial charge in [-0.05, 0) is 72.7 Å². The van der Waals surface area contributed by atoms with E-state index in [0.717, 1.165) is 48.3 Å². The number of thioether (sulfide) groups is 1. The summed E-state index contributed by atoms with van der Waals surface area (Å²) in [4.78, 5) is 13.1. The highest BCUT2D eigenvalue weighted by Crippen LogP contribution is 2.41. The van der Waals surface area contributed by atoms with Gasteiger partial charge in [-0.3, -0.25) is 4.79 Å². The van der Waals surface area contributed by atoms with E-state index in [-0.39, 0.29) is 0 Å². The van der Waals surface area contributed by atoms with Crippen molar-refractivity contribution < 1.29 is 14.6 Å². The summed E-state index contributed by atoms with van der Waals surface area (Å²) in [6.45, 7) is 0.750. The summed E-state index contributed by atoms with van der Waals surface area (Å²) in [5.74, 6) is 0.953. The number of hydrogen-bond donors (Lipinski definition) is 1. The van der Waals surface area contributed by atoms with Crippen molar-refractivity contribution in [3.63, 3.8) is 0 Å². The SMILES string of the molecule is CSc1ccc(-c2cc(C(CC3CC3)C(=O)O)ccc2OCC2CC2)cc1. The molecule has 0 aliphatic heterocycles. The first kappa shape index (κ1) is 18.4. The van der Waals surface area contributed by atoms with Gasteiger partial charge in [0.1, 0.15) is 5.75 Å². The second-order valence-electron chi connectivity index (χ2n) is 7.81. The molecule has 2 fully saturated rings. The summed E-state index contributed by atoms with van der Waals surface area (Å²) < 4.78 is 6.11. The third-order valence-corrected chi connectivity index (χ3v) is 6.29. The molecule has 4 heteroatoms. The average molecular weight is 383 g/mol. The number of carboxylic acids is 1. The highest BCUT2D eigenvalue weighted by Gasteiger charge is 2.31. The zero-order valence-electron chi connectivity index (χ0n) is 15.7. The normalized spacial score (nSPS) is 17.5. The number of ether oxygens (including phenoxy) is 1. The van der Waals surface area contributed by atoms with Gasteiger partial charge in [-0.25, -0.2) is 0 Å². The molecule has 1 unspecified atom stereocenters. The van der Waals surface area contributed by atoms with Gasteiger partial charge in [0.05, 0.1) is 12.5 Å². The zero-order chi connectivity index (χ0) is 18.8. The van der Waals surface area contributed by atoms with Gasteiger partial charge in [0.15, 0.2) is 0 Å². The third kappa shape index (κ3) is 4.67. The molecule has 2 aliphatic rings. The molecule has 0 saturated heterocycles. The second kappa shape index (κ2) is 7.97. The van der Waals surface area contributed by atoms with Crippen molar-refractivity contribution in [3.8, 4) is 16.9 Å². The lowest BCUT2D eigenvalue weighted by Crippen LogP contribution is -2.13. The van der Waals surface area contributed by atoms with E-state index in [9.17, 15) is 9.90 Å². The number of benzene rings is 2. The van der Waals surface area contributed by atoms with E-state index < -0.39 is 11.9 Å². The summed E-state index contributed by atoms with van der Waals surface area (Å²) in [5.41, 5.74) is 2.97. The zero-order valence-corrected chi connectivity index (χ0v) is 16.5. The molecule has 142 valence electrons. The van der Waals surface area contributed by atoms with Crippen molar-refractivity contribution in [1.82, 2.24) is 0 Å². The van der Waals surface area contributed by atoms with Crippen LogP contribution in [0.2, 0.25) is 0 Å². The van der Waals surface area contributed by atoms with Gasteiger partial charge in [-0.2, -0.15) is 0 Å². The summed E-state index contributed by atoms with van der Waals surface area (Å²) in [6.07, 6.45) is 7.62. The predicted molar refractivity (Wildman–Crippen MR) is 110 cm³/mol. The van der Waals surface area contributed by atoms with Crippen LogP contribution in [0.25, 0.3) is 11.1 Å². The molecule has 0 amide bonds. The van der Waals surface area contributed by atoms with Crippen LogP contribution in [-0.2, 0) is 4.79 Å². The first-order valence-electron chi connectivity index (χ1n) is 9.78. The Kier molecular flexibility index (Phi) is 5.44. The Hall–Kier alpha value is -1.94. The van der Waals surface area contributed by atoms with Gasteiger partial charge < -0.3 is 9.84 Å². The topological polar surface area (TPSA) is 46.5 Å². The summed E-state index contributed by atoms with van der Waals surface area (Å²) in [6, 6.07) is 14.4. The fourth-order valence-electron chi connectivity index (χ4n) is 3.44. The van der Waals surface area contributed by atoms with Crippen molar-refractivity contribution in [3.05, 3.63) is 48.0 Å². The molecular weight excluding hydrogens is 356 g/mol. The van der Waals surface area contributed by atoms with Crippen LogP contribution in [0.5, 0.6) is 5.75 Å². The Morgan fingerprint density at radius 3 is 2.41 bits per heavy atom. The quantitative estimate of drug-likeness (QED) is 0.554. The predicted octanol–water partition coefficient (Wildman–Crippen LogP) is 5.83. The molecule has 3 nitrogen and oxygen atoms in total. The average Bonchev–Trinajstić information content (AvgIpc) is 3.59. The molecule has 2 aromatic rings. The number of hydrogen-bond acceptors (Lipinski definition) is 3. The molecule has 0 heterocycles. The molecule has 1 N–H and O–H groups in total. The third-order valence-electron chi connectivity index (χ3n) is 5.54. The maximum absolute atomic E-state index is 11.9. The summed E-state index contributed by atoms with van der Waals surface area (Å²) >= 11 is 1.72. The minimum absolute atomic E-state index is 0.431. The lowest BCUT2D eigenvalue weighted by atomic mass is 9.90. The van der Waals surface area contributed by atoms with Crippen LogP contribution in [0, 0.1) is 11.8 Å². The molecule has 1 atom stereocenters. The number of carboxylic acid groups (broad SMARTS) is 1. The highest BCUT2D eigenvalue weighted by atomic mass is 32.2.